The number of nitrogens with zero attached hydrogens (tertiary/aromatic N) is 1. The number of rotatable bonds is 4. The van der Waals surface area contributed by atoms with Crippen LogP contribution < -0.4 is 5.73 Å². The molecule has 1 aromatic heterocycles. The van der Waals surface area contributed by atoms with E-state index in [4.69, 9.17) is 10.3 Å². The fourth-order valence-electron chi connectivity index (χ4n) is 1.74. The molecule has 0 amide bonds. The summed E-state index contributed by atoms with van der Waals surface area (Å²) in [5, 5.41) is 3.92. The van der Waals surface area contributed by atoms with Gasteiger partial charge in [0.05, 0.1) is 5.69 Å². The first kappa shape index (κ1) is 11.2. The highest BCUT2D eigenvalue weighted by atomic mass is 16.5. The lowest BCUT2D eigenvalue weighted by molar-refractivity contribution is 0.391. The second-order valence-electron chi connectivity index (χ2n) is 4.40. The van der Waals surface area contributed by atoms with Crippen LogP contribution in [0.2, 0.25) is 0 Å². The van der Waals surface area contributed by atoms with Gasteiger partial charge in [-0.15, -0.1) is 0 Å². The topological polar surface area (TPSA) is 52.0 Å². The summed E-state index contributed by atoms with van der Waals surface area (Å²) in [6, 6.07) is 0.215. The predicted molar refractivity (Wildman–Crippen MR) is 57.1 cm³/mol. The molecule has 0 aliphatic carbocycles. The highest BCUT2D eigenvalue weighted by Crippen LogP contribution is 2.16. The Hall–Kier alpha value is -0.830. The molecule has 0 radical (unpaired) electrons. The van der Waals surface area contributed by atoms with Crippen LogP contribution in [-0.2, 0) is 6.42 Å². The smallest absolute Gasteiger partial charge is 0.137 e. The Morgan fingerprint density at radius 3 is 2.43 bits per heavy atom. The molecule has 0 saturated carbocycles. The molecule has 1 heterocycles. The van der Waals surface area contributed by atoms with Crippen molar-refractivity contribution >= 4 is 0 Å². The number of aryl methyl sites for hydroxylation is 2. The zero-order valence-electron chi connectivity index (χ0n) is 9.50. The van der Waals surface area contributed by atoms with E-state index >= 15 is 0 Å². The van der Waals surface area contributed by atoms with E-state index in [1.165, 1.54) is 5.56 Å². The van der Waals surface area contributed by atoms with Crippen molar-refractivity contribution in [3.8, 4) is 0 Å². The average molecular weight is 196 g/mol. The van der Waals surface area contributed by atoms with Crippen LogP contribution in [0.4, 0.5) is 0 Å². The molecule has 3 heteroatoms. The summed E-state index contributed by atoms with van der Waals surface area (Å²) in [6.45, 7) is 8.28. The molecule has 0 saturated heterocycles. The van der Waals surface area contributed by atoms with Crippen LogP contribution in [0.5, 0.6) is 0 Å². The molecule has 3 nitrogen and oxygen atoms in total. The van der Waals surface area contributed by atoms with Crippen LogP contribution in [0.25, 0.3) is 0 Å². The summed E-state index contributed by atoms with van der Waals surface area (Å²) in [5.41, 5.74) is 8.19. The summed E-state index contributed by atoms with van der Waals surface area (Å²) < 4.78 is 5.10. The summed E-state index contributed by atoms with van der Waals surface area (Å²) in [6.07, 6.45) is 1.92. The number of hydrogen-bond acceptors (Lipinski definition) is 3. The van der Waals surface area contributed by atoms with Crippen molar-refractivity contribution in [1.29, 1.82) is 0 Å². The van der Waals surface area contributed by atoms with Gasteiger partial charge in [0.15, 0.2) is 0 Å². The van der Waals surface area contributed by atoms with Gasteiger partial charge in [0.1, 0.15) is 5.76 Å². The van der Waals surface area contributed by atoms with Gasteiger partial charge in [-0.25, -0.2) is 0 Å². The summed E-state index contributed by atoms with van der Waals surface area (Å²) >= 11 is 0. The quantitative estimate of drug-likeness (QED) is 0.803. The molecule has 0 fully saturated rings. The molecule has 14 heavy (non-hydrogen) atoms. The zero-order valence-corrected chi connectivity index (χ0v) is 9.50. The van der Waals surface area contributed by atoms with Gasteiger partial charge in [-0.1, -0.05) is 19.0 Å². The first-order valence-electron chi connectivity index (χ1n) is 5.18. The number of aromatic nitrogens is 1. The minimum Gasteiger partial charge on any atom is -0.361 e. The Labute approximate surface area is 85.7 Å². The zero-order chi connectivity index (χ0) is 10.7. The molecule has 1 aromatic rings. The van der Waals surface area contributed by atoms with Crippen molar-refractivity contribution in [2.45, 2.75) is 46.6 Å². The first-order valence-corrected chi connectivity index (χ1v) is 5.18. The lowest BCUT2D eigenvalue weighted by Crippen LogP contribution is -2.25. The van der Waals surface area contributed by atoms with Crippen LogP contribution in [-0.4, -0.2) is 11.2 Å². The van der Waals surface area contributed by atoms with Crippen molar-refractivity contribution in [3.05, 3.63) is 17.0 Å². The van der Waals surface area contributed by atoms with Gasteiger partial charge < -0.3 is 10.3 Å². The Morgan fingerprint density at radius 1 is 1.36 bits per heavy atom. The highest BCUT2D eigenvalue weighted by Gasteiger charge is 2.13. The van der Waals surface area contributed by atoms with Crippen LogP contribution in [0.3, 0.4) is 0 Å². The summed E-state index contributed by atoms with van der Waals surface area (Å²) in [5.74, 6) is 1.55. The maximum Gasteiger partial charge on any atom is 0.137 e. The third-order valence-corrected chi connectivity index (χ3v) is 2.42. The van der Waals surface area contributed by atoms with Crippen molar-refractivity contribution in [1.82, 2.24) is 5.16 Å². The van der Waals surface area contributed by atoms with E-state index in [0.29, 0.717) is 5.92 Å². The molecular formula is C11H20N2O. The molecule has 80 valence electrons. The van der Waals surface area contributed by atoms with Crippen molar-refractivity contribution in [3.63, 3.8) is 0 Å². The summed E-state index contributed by atoms with van der Waals surface area (Å²) in [4.78, 5) is 0. The minimum atomic E-state index is 0.215. The van der Waals surface area contributed by atoms with Gasteiger partial charge in [0.25, 0.3) is 0 Å². The van der Waals surface area contributed by atoms with Crippen LogP contribution >= 0.6 is 0 Å². The molecule has 0 bridgehead atoms. The number of hydrogen-bond donors (Lipinski definition) is 1. The molecule has 0 aliphatic heterocycles. The SMILES string of the molecule is Cc1noc(C)c1CC(N)CC(C)C. The van der Waals surface area contributed by atoms with Crippen molar-refractivity contribution in [2.24, 2.45) is 11.7 Å². The largest absolute Gasteiger partial charge is 0.361 e. The maximum absolute atomic E-state index is 6.03. The van der Waals surface area contributed by atoms with E-state index < -0.39 is 0 Å². The molecule has 0 spiro atoms. The van der Waals surface area contributed by atoms with E-state index in [2.05, 4.69) is 19.0 Å². The van der Waals surface area contributed by atoms with E-state index in [0.717, 1.165) is 24.3 Å². The van der Waals surface area contributed by atoms with E-state index in [1.807, 2.05) is 13.8 Å². The molecule has 1 unspecified atom stereocenters. The van der Waals surface area contributed by atoms with Crippen molar-refractivity contribution < 1.29 is 4.52 Å². The van der Waals surface area contributed by atoms with E-state index in [-0.39, 0.29) is 6.04 Å². The van der Waals surface area contributed by atoms with E-state index in [9.17, 15) is 0 Å². The molecule has 0 aromatic carbocycles. The fourth-order valence-corrected chi connectivity index (χ4v) is 1.74. The third kappa shape index (κ3) is 2.84. The van der Waals surface area contributed by atoms with Gasteiger partial charge in [0.2, 0.25) is 0 Å². The lowest BCUT2D eigenvalue weighted by Gasteiger charge is -2.13. The monoisotopic (exact) mass is 196 g/mol. The van der Waals surface area contributed by atoms with Gasteiger partial charge in [-0.2, -0.15) is 0 Å². The lowest BCUT2D eigenvalue weighted by atomic mass is 9.97. The standard InChI is InChI=1S/C11H20N2O/c1-7(2)5-10(12)6-11-8(3)13-14-9(11)4/h7,10H,5-6,12H2,1-4H3. The normalized spacial score (nSPS) is 13.6. The van der Waals surface area contributed by atoms with Gasteiger partial charge in [0, 0.05) is 11.6 Å². The molecule has 1 atom stereocenters. The second kappa shape index (κ2) is 4.60. The van der Waals surface area contributed by atoms with Crippen LogP contribution in [0, 0.1) is 19.8 Å². The Bertz CT molecular complexity index is 272. The third-order valence-electron chi connectivity index (χ3n) is 2.42. The predicted octanol–water partition coefficient (Wildman–Crippen LogP) is 2.21. The molecule has 0 aliphatic rings. The summed E-state index contributed by atoms with van der Waals surface area (Å²) in [7, 11) is 0. The van der Waals surface area contributed by atoms with Crippen LogP contribution in [0.15, 0.2) is 4.52 Å². The fraction of sp³-hybridized carbons (Fsp3) is 0.727. The number of nitrogens with two attached hydrogens (primary N) is 1. The minimum absolute atomic E-state index is 0.215. The highest BCUT2D eigenvalue weighted by molar-refractivity contribution is 5.21. The Morgan fingerprint density at radius 2 is 2.00 bits per heavy atom. The van der Waals surface area contributed by atoms with Gasteiger partial charge >= 0.3 is 0 Å². The molecular weight excluding hydrogens is 176 g/mol. The maximum atomic E-state index is 6.03. The van der Waals surface area contributed by atoms with Gasteiger partial charge in [-0.3, -0.25) is 0 Å². The first-order chi connectivity index (χ1) is 6.50. The van der Waals surface area contributed by atoms with Crippen molar-refractivity contribution in [2.75, 3.05) is 0 Å². The Kier molecular flexibility index (Phi) is 3.69. The molecule has 2 N–H and O–H groups in total. The second-order valence-corrected chi connectivity index (χ2v) is 4.40. The van der Waals surface area contributed by atoms with E-state index in [1.54, 1.807) is 0 Å². The molecule has 1 rings (SSSR count). The van der Waals surface area contributed by atoms with Crippen LogP contribution in [0.1, 0.15) is 37.3 Å². The van der Waals surface area contributed by atoms with Gasteiger partial charge in [-0.05, 0) is 32.6 Å². The average Bonchev–Trinajstić information content (AvgIpc) is 2.34. The Balaban J connectivity index is 2.59.